The smallest absolute Gasteiger partial charge is 0.207 e. The van der Waals surface area contributed by atoms with E-state index in [-0.39, 0.29) is 6.61 Å². The summed E-state index contributed by atoms with van der Waals surface area (Å²) in [6, 6.07) is 7.82. The van der Waals surface area contributed by atoms with E-state index in [2.05, 4.69) is 5.32 Å². The molecule has 19 heavy (non-hydrogen) atoms. The number of carbonyl (C=O) groups excluding carboxylic acids is 1. The molecule has 0 aliphatic carbocycles. The van der Waals surface area contributed by atoms with Crippen molar-refractivity contribution in [2.45, 2.75) is 18.6 Å². The van der Waals surface area contributed by atoms with Crippen molar-refractivity contribution in [3.8, 4) is 11.8 Å². The number of nitriles is 1. The highest BCUT2D eigenvalue weighted by Gasteiger charge is 2.19. The molecule has 2 atom stereocenters. The minimum atomic E-state index is -0.997. The molecule has 6 heteroatoms. The Balaban J connectivity index is 2.64. The first-order valence-corrected chi connectivity index (χ1v) is 5.81. The molecule has 0 saturated heterocycles. The number of hydrogen-bond acceptors (Lipinski definition) is 5. The highest BCUT2D eigenvalue weighted by molar-refractivity contribution is 5.47. The lowest BCUT2D eigenvalue weighted by atomic mass is 10.0. The summed E-state index contributed by atoms with van der Waals surface area (Å²) in [5.41, 5.74) is 0.557. The number of carbonyl (C=O) groups is 1. The zero-order valence-corrected chi connectivity index (χ0v) is 10.3. The lowest BCUT2D eigenvalue weighted by Gasteiger charge is -2.20. The van der Waals surface area contributed by atoms with E-state index in [9.17, 15) is 9.90 Å². The second-order valence-corrected chi connectivity index (χ2v) is 3.84. The molecule has 0 saturated carbocycles. The van der Waals surface area contributed by atoms with E-state index >= 15 is 0 Å². The van der Waals surface area contributed by atoms with Gasteiger partial charge in [-0.15, -0.1) is 0 Å². The van der Waals surface area contributed by atoms with Crippen LogP contribution in [0.4, 0.5) is 0 Å². The van der Waals surface area contributed by atoms with Crippen molar-refractivity contribution in [2.75, 3.05) is 13.2 Å². The van der Waals surface area contributed by atoms with E-state index in [1.54, 1.807) is 24.3 Å². The van der Waals surface area contributed by atoms with Crippen molar-refractivity contribution < 1.29 is 19.7 Å². The standard InChI is InChI=1S/C13H16N2O4/c14-6-1-7-19-11-4-2-10(3-5-11)13(18)12(8-16)15-9-17/h2-5,9,12-13,16,18H,1,7-8H2,(H,15,17)/t12-,13-/m0/s1. The van der Waals surface area contributed by atoms with Crippen molar-refractivity contribution >= 4 is 6.41 Å². The van der Waals surface area contributed by atoms with E-state index < -0.39 is 12.1 Å². The van der Waals surface area contributed by atoms with Gasteiger partial charge in [-0.05, 0) is 17.7 Å². The second kappa shape index (κ2) is 8.08. The summed E-state index contributed by atoms with van der Waals surface area (Å²) in [4.78, 5) is 10.3. The lowest BCUT2D eigenvalue weighted by molar-refractivity contribution is -0.111. The summed E-state index contributed by atoms with van der Waals surface area (Å²) >= 11 is 0. The Bertz CT molecular complexity index is 427. The van der Waals surface area contributed by atoms with Crippen LogP contribution in [0.2, 0.25) is 0 Å². The van der Waals surface area contributed by atoms with Crippen LogP contribution >= 0.6 is 0 Å². The molecule has 1 aromatic rings. The van der Waals surface area contributed by atoms with Crippen LogP contribution in [0, 0.1) is 11.3 Å². The first kappa shape index (κ1) is 15.0. The number of hydrogen-bond donors (Lipinski definition) is 3. The van der Waals surface area contributed by atoms with Gasteiger partial charge in [0.25, 0.3) is 0 Å². The molecule has 0 bridgehead atoms. The lowest BCUT2D eigenvalue weighted by Crippen LogP contribution is -2.37. The van der Waals surface area contributed by atoms with Gasteiger partial charge in [0.1, 0.15) is 18.5 Å². The number of nitrogens with one attached hydrogen (secondary N) is 1. The molecule has 102 valence electrons. The Hall–Kier alpha value is -2.10. The molecule has 0 aliphatic rings. The maximum Gasteiger partial charge on any atom is 0.207 e. The maximum atomic E-state index is 10.3. The topological polar surface area (TPSA) is 103 Å². The van der Waals surface area contributed by atoms with E-state index in [0.717, 1.165) is 0 Å². The van der Waals surface area contributed by atoms with Crippen LogP contribution in [-0.4, -0.2) is 35.9 Å². The zero-order valence-electron chi connectivity index (χ0n) is 10.3. The van der Waals surface area contributed by atoms with Crippen LogP contribution in [0.15, 0.2) is 24.3 Å². The fourth-order valence-electron chi connectivity index (χ4n) is 1.54. The highest BCUT2D eigenvalue weighted by Crippen LogP contribution is 2.20. The SMILES string of the molecule is N#CCCOc1ccc([C@H](O)[C@H](CO)NC=O)cc1. The quantitative estimate of drug-likeness (QED) is 0.457. The number of rotatable bonds is 8. The van der Waals surface area contributed by atoms with E-state index in [1.807, 2.05) is 6.07 Å². The van der Waals surface area contributed by atoms with Crippen LogP contribution in [0.25, 0.3) is 0 Å². The number of benzene rings is 1. The molecule has 0 heterocycles. The van der Waals surface area contributed by atoms with Crippen molar-refractivity contribution in [3.05, 3.63) is 29.8 Å². The predicted molar refractivity (Wildman–Crippen MR) is 67.2 cm³/mol. The third-order valence-corrected chi connectivity index (χ3v) is 2.56. The predicted octanol–water partition coefficient (Wildman–Crippen LogP) is 0.119. The Kier molecular flexibility index (Phi) is 6.36. The van der Waals surface area contributed by atoms with Crippen LogP contribution < -0.4 is 10.1 Å². The van der Waals surface area contributed by atoms with Gasteiger partial charge in [0.2, 0.25) is 6.41 Å². The fraction of sp³-hybridized carbons (Fsp3) is 0.385. The van der Waals surface area contributed by atoms with Gasteiger partial charge in [0.15, 0.2) is 0 Å². The summed E-state index contributed by atoms with van der Waals surface area (Å²) in [6.45, 7) is -0.0509. The number of aliphatic hydroxyl groups is 2. The minimum absolute atomic E-state index is 0.306. The van der Waals surface area contributed by atoms with Crippen molar-refractivity contribution in [3.63, 3.8) is 0 Å². The van der Waals surface area contributed by atoms with Gasteiger partial charge in [0, 0.05) is 0 Å². The summed E-state index contributed by atoms with van der Waals surface area (Å²) in [7, 11) is 0. The summed E-state index contributed by atoms with van der Waals surface area (Å²) in [5, 5.41) is 29.7. The van der Waals surface area contributed by atoms with Crippen molar-refractivity contribution in [1.29, 1.82) is 5.26 Å². The Morgan fingerprint density at radius 2 is 2.11 bits per heavy atom. The summed E-state index contributed by atoms with van der Waals surface area (Å²) in [6.07, 6.45) is -0.257. The largest absolute Gasteiger partial charge is 0.493 e. The molecule has 1 amide bonds. The molecule has 3 N–H and O–H groups in total. The summed E-state index contributed by atoms with van der Waals surface area (Å²) in [5.74, 6) is 0.593. The van der Waals surface area contributed by atoms with Crippen LogP contribution in [0.3, 0.4) is 0 Å². The average Bonchev–Trinajstić information content (AvgIpc) is 2.45. The third kappa shape index (κ3) is 4.58. The molecule has 0 aliphatic heterocycles. The Labute approximate surface area is 111 Å². The van der Waals surface area contributed by atoms with Gasteiger partial charge < -0.3 is 20.3 Å². The number of ether oxygens (including phenoxy) is 1. The van der Waals surface area contributed by atoms with Crippen molar-refractivity contribution in [2.24, 2.45) is 0 Å². The van der Waals surface area contributed by atoms with Crippen LogP contribution in [0.5, 0.6) is 5.75 Å². The van der Waals surface area contributed by atoms with E-state index in [4.69, 9.17) is 15.1 Å². The molecule has 1 aromatic carbocycles. The maximum absolute atomic E-state index is 10.3. The van der Waals surface area contributed by atoms with E-state index in [0.29, 0.717) is 30.8 Å². The zero-order chi connectivity index (χ0) is 14.1. The van der Waals surface area contributed by atoms with Gasteiger partial charge in [-0.2, -0.15) is 5.26 Å². The van der Waals surface area contributed by atoms with E-state index in [1.165, 1.54) is 0 Å². The first-order valence-electron chi connectivity index (χ1n) is 5.81. The summed E-state index contributed by atoms with van der Waals surface area (Å²) < 4.78 is 5.29. The number of amides is 1. The number of aliphatic hydroxyl groups excluding tert-OH is 2. The molecule has 0 fully saturated rings. The molecular formula is C13H16N2O4. The monoisotopic (exact) mass is 264 g/mol. The fourth-order valence-corrected chi connectivity index (χ4v) is 1.54. The molecule has 1 rings (SSSR count). The average molecular weight is 264 g/mol. The van der Waals surface area contributed by atoms with Gasteiger partial charge in [-0.3, -0.25) is 4.79 Å². The first-order chi connectivity index (χ1) is 9.22. The molecule has 0 aromatic heterocycles. The molecule has 0 spiro atoms. The molecule has 0 unspecified atom stereocenters. The third-order valence-electron chi connectivity index (χ3n) is 2.56. The Morgan fingerprint density at radius 3 is 2.63 bits per heavy atom. The van der Waals surface area contributed by atoms with Crippen LogP contribution in [-0.2, 0) is 4.79 Å². The minimum Gasteiger partial charge on any atom is -0.493 e. The normalized spacial score (nSPS) is 13.1. The van der Waals surface area contributed by atoms with Crippen molar-refractivity contribution in [1.82, 2.24) is 5.32 Å². The molecular weight excluding hydrogens is 248 g/mol. The second-order valence-electron chi connectivity index (χ2n) is 3.84. The van der Waals surface area contributed by atoms with Gasteiger partial charge in [-0.25, -0.2) is 0 Å². The van der Waals surface area contributed by atoms with Gasteiger partial charge in [-0.1, -0.05) is 12.1 Å². The highest BCUT2D eigenvalue weighted by atomic mass is 16.5. The van der Waals surface area contributed by atoms with Crippen LogP contribution in [0.1, 0.15) is 18.1 Å². The van der Waals surface area contributed by atoms with Gasteiger partial charge in [0.05, 0.1) is 25.1 Å². The molecule has 6 nitrogen and oxygen atoms in total. The molecule has 0 radical (unpaired) electrons. The number of nitrogens with zero attached hydrogens (tertiary/aromatic N) is 1. The van der Waals surface area contributed by atoms with Gasteiger partial charge >= 0.3 is 0 Å². The Morgan fingerprint density at radius 1 is 1.42 bits per heavy atom.